The van der Waals surface area contributed by atoms with Gasteiger partial charge in [-0.05, 0) is 110 Å². The van der Waals surface area contributed by atoms with Crippen molar-refractivity contribution in [3.8, 4) is 11.5 Å². The van der Waals surface area contributed by atoms with Crippen LogP contribution in [0.15, 0.2) is 40.2 Å². The average Bonchev–Trinajstić information content (AvgIpc) is 3.04. The third-order valence-corrected chi connectivity index (χ3v) is 7.26. The Morgan fingerprint density at radius 1 is 1.12 bits per heavy atom. The SMILES string of the molecule is CCOc1cc(/C=C2/SC(=NC(C)C)N(C(C)C)C2=O)cc(I)c1OCc1ccc(Cl)c(Cl)c1. The van der Waals surface area contributed by atoms with Crippen molar-refractivity contribution in [1.29, 1.82) is 0 Å². The van der Waals surface area contributed by atoms with Gasteiger partial charge in [0.25, 0.3) is 5.91 Å². The van der Waals surface area contributed by atoms with Gasteiger partial charge in [-0.2, -0.15) is 0 Å². The fourth-order valence-electron chi connectivity index (χ4n) is 3.26. The molecular weight excluding hydrogens is 606 g/mol. The third kappa shape index (κ3) is 6.62. The van der Waals surface area contributed by atoms with E-state index in [1.54, 1.807) is 17.0 Å². The maximum atomic E-state index is 13.1. The summed E-state index contributed by atoms with van der Waals surface area (Å²) in [6.07, 6.45) is 1.89. The number of hydrogen-bond acceptors (Lipinski definition) is 5. The van der Waals surface area contributed by atoms with Crippen LogP contribution in [0.25, 0.3) is 6.08 Å². The first-order valence-corrected chi connectivity index (χ1v) is 13.6. The van der Waals surface area contributed by atoms with E-state index in [2.05, 4.69) is 27.6 Å². The standard InChI is InChI=1S/C25H27Cl2IN2O3S/c1-6-32-21-11-17(12-22-24(31)30(15(4)5)25(34-22)29-14(2)3)10-20(28)23(21)33-13-16-7-8-18(26)19(27)9-16/h7-12,14-15H,6,13H2,1-5H3/b22-12+,29-25?. The minimum Gasteiger partial charge on any atom is -0.490 e. The molecule has 1 amide bonds. The van der Waals surface area contributed by atoms with E-state index < -0.39 is 0 Å². The highest BCUT2D eigenvalue weighted by Gasteiger charge is 2.35. The Labute approximate surface area is 229 Å². The van der Waals surface area contributed by atoms with Gasteiger partial charge >= 0.3 is 0 Å². The summed E-state index contributed by atoms with van der Waals surface area (Å²) >= 11 is 15.8. The highest BCUT2D eigenvalue weighted by atomic mass is 127. The Morgan fingerprint density at radius 3 is 2.47 bits per heavy atom. The zero-order valence-corrected chi connectivity index (χ0v) is 24.2. The molecule has 2 aromatic carbocycles. The predicted molar refractivity (Wildman–Crippen MR) is 151 cm³/mol. The lowest BCUT2D eigenvalue weighted by Crippen LogP contribution is -2.35. The van der Waals surface area contributed by atoms with E-state index >= 15 is 0 Å². The molecule has 1 heterocycles. The number of rotatable bonds is 8. The molecule has 0 atom stereocenters. The largest absolute Gasteiger partial charge is 0.490 e. The highest BCUT2D eigenvalue weighted by Crippen LogP contribution is 2.38. The van der Waals surface area contributed by atoms with E-state index in [4.69, 9.17) is 32.7 Å². The predicted octanol–water partition coefficient (Wildman–Crippen LogP) is 7.66. The molecule has 0 unspecified atom stereocenters. The normalized spacial score (nSPS) is 16.4. The molecule has 1 fully saturated rings. The first-order chi connectivity index (χ1) is 16.1. The Kier molecular flexibility index (Phi) is 9.60. The van der Waals surface area contributed by atoms with Crippen LogP contribution in [0.5, 0.6) is 11.5 Å². The van der Waals surface area contributed by atoms with Gasteiger partial charge < -0.3 is 9.47 Å². The molecule has 0 N–H and O–H groups in total. The number of thioether (sulfide) groups is 1. The van der Waals surface area contributed by atoms with Crippen molar-refractivity contribution in [2.24, 2.45) is 4.99 Å². The first kappa shape index (κ1) is 27.2. The van der Waals surface area contributed by atoms with Gasteiger partial charge in [0.1, 0.15) is 6.61 Å². The number of carbonyl (C=O) groups excluding carboxylic acids is 1. The zero-order valence-electron chi connectivity index (χ0n) is 19.7. The smallest absolute Gasteiger partial charge is 0.266 e. The first-order valence-electron chi connectivity index (χ1n) is 10.9. The van der Waals surface area contributed by atoms with Gasteiger partial charge in [-0.1, -0.05) is 29.3 Å². The molecule has 3 rings (SSSR count). The van der Waals surface area contributed by atoms with Crippen LogP contribution < -0.4 is 9.47 Å². The fraction of sp³-hybridized carbons (Fsp3) is 0.360. The number of nitrogens with zero attached hydrogens (tertiary/aromatic N) is 2. The molecule has 0 aliphatic carbocycles. The summed E-state index contributed by atoms with van der Waals surface area (Å²) in [5.41, 5.74) is 1.76. The number of benzene rings is 2. The van der Waals surface area contributed by atoms with Crippen molar-refractivity contribution >= 4 is 74.7 Å². The molecule has 182 valence electrons. The summed E-state index contributed by atoms with van der Waals surface area (Å²) in [5, 5.41) is 1.73. The van der Waals surface area contributed by atoms with E-state index in [0.717, 1.165) is 19.9 Å². The summed E-state index contributed by atoms with van der Waals surface area (Å²) < 4.78 is 12.9. The molecule has 9 heteroatoms. The van der Waals surface area contributed by atoms with Crippen LogP contribution in [0.1, 0.15) is 45.7 Å². The van der Waals surface area contributed by atoms with E-state index in [9.17, 15) is 4.79 Å². The lowest BCUT2D eigenvalue weighted by Gasteiger charge is -2.20. The number of ether oxygens (including phenoxy) is 2. The van der Waals surface area contributed by atoms with Crippen molar-refractivity contribution in [2.75, 3.05) is 6.61 Å². The van der Waals surface area contributed by atoms with Crippen LogP contribution in [0.3, 0.4) is 0 Å². The van der Waals surface area contributed by atoms with Crippen molar-refractivity contribution < 1.29 is 14.3 Å². The van der Waals surface area contributed by atoms with Crippen LogP contribution in [-0.4, -0.2) is 34.7 Å². The molecule has 0 bridgehead atoms. The van der Waals surface area contributed by atoms with E-state index in [1.165, 1.54) is 11.8 Å². The average molecular weight is 633 g/mol. The summed E-state index contributed by atoms with van der Waals surface area (Å²) in [7, 11) is 0. The second-order valence-electron chi connectivity index (χ2n) is 8.19. The number of aliphatic imine (C=N–C) groups is 1. The number of amides is 1. The second kappa shape index (κ2) is 12.0. The van der Waals surface area contributed by atoms with Gasteiger partial charge in [0.15, 0.2) is 16.7 Å². The number of hydrogen-bond donors (Lipinski definition) is 0. The van der Waals surface area contributed by atoms with E-state index in [-0.39, 0.29) is 18.0 Å². The maximum Gasteiger partial charge on any atom is 0.266 e. The van der Waals surface area contributed by atoms with Gasteiger partial charge in [-0.3, -0.25) is 14.7 Å². The lowest BCUT2D eigenvalue weighted by molar-refractivity contribution is -0.123. The maximum absolute atomic E-state index is 13.1. The quantitative estimate of drug-likeness (QED) is 0.221. The Hall–Kier alpha value is -1.42. The van der Waals surface area contributed by atoms with Gasteiger partial charge in [-0.15, -0.1) is 0 Å². The third-order valence-electron chi connectivity index (χ3n) is 4.72. The van der Waals surface area contributed by atoms with Gasteiger partial charge in [0.05, 0.1) is 25.1 Å². The Balaban J connectivity index is 1.90. The Bertz CT molecular complexity index is 1140. The topological polar surface area (TPSA) is 51.1 Å². The molecule has 5 nitrogen and oxygen atoms in total. The van der Waals surface area contributed by atoms with Crippen molar-refractivity contribution in [1.82, 2.24) is 4.90 Å². The van der Waals surface area contributed by atoms with Crippen LogP contribution in [0, 0.1) is 3.57 Å². The molecule has 34 heavy (non-hydrogen) atoms. The minimum absolute atomic E-state index is 0.0275. The minimum atomic E-state index is -0.0349. The zero-order chi connectivity index (χ0) is 25.0. The number of halogens is 3. The van der Waals surface area contributed by atoms with E-state index in [1.807, 2.05) is 58.9 Å². The molecule has 1 aliphatic heterocycles. The summed E-state index contributed by atoms with van der Waals surface area (Å²) in [6, 6.07) is 9.42. The summed E-state index contributed by atoms with van der Waals surface area (Å²) in [4.78, 5) is 20.1. The van der Waals surface area contributed by atoms with Gasteiger partial charge in [0, 0.05) is 12.1 Å². The molecule has 1 aliphatic rings. The van der Waals surface area contributed by atoms with Crippen molar-refractivity contribution in [3.05, 3.63) is 60.0 Å². The molecular formula is C25H27Cl2IN2O3S. The van der Waals surface area contributed by atoms with Crippen molar-refractivity contribution in [3.63, 3.8) is 0 Å². The second-order valence-corrected chi connectivity index (χ2v) is 11.2. The molecule has 0 spiro atoms. The van der Waals surface area contributed by atoms with E-state index in [0.29, 0.717) is 39.7 Å². The van der Waals surface area contributed by atoms with Crippen LogP contribution >= 0.6 is 57.6 Å². The molecule has 0 radical (unpaired) electrons. The molecule has 0 aromatic heterocycles. The molecule has 0 saturated carbocycles. The summed E-state index contributed by atoms with van der Waals surface area (Å²) in [5.74, 6) is 1.23. The molecule has 1 saturated heterocycles. The number of carbonyl (C=O) groups is 1. The van der Waals surface area contributed by atoms with Gasteiger partial charge in [0.2, 0.25) is 0 Å². The monoisotopic (exact) mass is 632 g/mol. The summed E-state index contributed by atoms with van der Waals surface area (Å²) in [6.45, 7) is 10.7. The highest BCUT2D eigenvalue weighted by molar-refractivity contribution is 14.1. The Morgan fingerprint density at radius 2 is 1.85 bits per heavy atom. The molecule has 2 aromatic rings. The number of amidine groups is 1. The van der Waals surface area contributed by atoms with Crippen LogP contribution in [0.2, 0.25) is 10.0 Å². The van der Waals surface area contributed by atoms with Crippen molar-refractivity contribution in [2.45, 2.75) is 53.3 Å². The fourth-order valence-corrected chi connectivity index (χ4v) is 5.60. The lowest BCUT2D eigenvalue weighted by atomic mass is 10.1. The van der Waals surface area contributed by atoms with Crippen LogP contribution in [0.4, 0.5) is 0 Å². The van der Waals surface area contributed by atoms with Gasteiger partial charge in [-0.25, -0.2) is 0 Å². The van der Waals surface area contributed by atoms with Crippen LogP contribution in [-0.2, 0) is 11.4 Å².